The van der Waals surface area contributed by atoms with E-state index in [4.69, 9.17) is 0 Å². The van der Waals surface area contributed by atoms with Crippen LogP contribution in [0.1, 0.15) is 19.8 Å². The first-order valence-electron chi connectivity index (χ1n) is 6.77. The van der Waals surface area contributed by atoms with E-state index in [0.717, 1.165) is 10.5 Å². The van der Waals surface area contributed by atoms with Crippen LogP contribution in [-0.4, -0.2) is 16.7 Å². The van der Waals surface area contributed by atoms with E-state index in [1.54, 1.807) is 6.07 Å². The van der Waals surface area contributed by atoms with Crippen molar-refractivity contribution in [1.29, 1.82) is 0 Å². The second kappa shape index (κ2) is 4.80. The summed E-state index contributed by atoms with van der Waals surface area (Å²) < 4.78 is 0. The van der Waals surface area contributed by atoms with Crippen LogP contribution in [0, 0.1) is 22.0 Å². The highest BCUT2D eigenvalue weighted by Crippen LogP contribution is 2.40. The maximum absolute atomic E-state index is 12.5. The SMILES string of the molecule is CC1=CC[C@@H]2C(=O)N(c3cccc([N+](=O)[O-])c3)C(=O)[C@H]2C1. The van der Waals surface area contributed by atoms with E-state index >= 15 is 0 Å². The molecule has 6 nitrogen and oxygen atoms in total. The number of hydrogen-bond acceptors (Lipinski definition) is 4. The van der Waals surface area contributed by atoms with Gasteiger partial charge in [0.1, 0.15) is 0 Å². The number of allylic oxidation sites excluding steroid dienone is 2. The minimum atomic E-state index is -0.534. The number of carbonyl (C=O) groups is 2. The van der Waals surface area contributed by atoms with E-state index < -0.39 is 4.92 Å². The van der Waals surface area contributed by atoms with Crippen molar-refractivity contribution < 1.29 is 14.5 Å². The Balaban J connectivity index is 1.97. The molecule has 1 aliphatic heterocycles. The topological polar surface area (TPSA) is 80.5 Å². The summed E-state index contributed by atoms with van der Waals surface area (Å²) in [5, 5.41) is 10.8. The molecule has 0 radical (unpaired) electrons. The van der Waals surface area contributed by atoms with Crippen LogP contribution in [0.25, 0.3) is 0 Å². The van der Waals surface area contributed by atoms with Crippen molar-refractivity contribution in [2.24, 2.45) is 11.8 Å². The maximum Gasteiger partial charge on any atom is 0.271 e. The number of benzene rings is 1. The van der Waals surface area contributed by atoms with Crippen LogP contribution in [0.15, 0.2) is 35.9 Å². The number of fused-ring (bicyclic) bond motifs is 1. The molecule has 1 aliphatic carbocycles. The molecule has 1 heterocycles. The van der Waals surface area contributed by atoms with Crippen LogP contribution in [0.5, 0.6) is 0 Å². The van der Waals surface area contributed by atoms with Crippen LogP contribution in [0.2, 0.25) is 0 Å². The lowest BCUT2D eigenvalue weighted by Gasteiger charge is -2.18. The first-order chi connectivity index (χ1) is 9.99. The second-order valence-corrected chi connectivity index (χ2v) is 5.49. The quantitative estimate of drug-likeness (QED) is 0.362. The zero-order chi connectivity index (χ0) is 15.1. The summed E-state index contributed by atoms with van der Waals surface area (Å²) in [7, 11) is 0. The number of non-ortho nitro benzene ring substituents is 1. The third kappa shape index (κ3) is 2.12. The smallest absolute Gasteiger partial charge is 0.271 e. The monoisotopic (exact) mass is 286 g/mol. The number of rotatable bonds is 2. The molecular formula is C15H14N2O4. The molecule has 1 saturated heterocycles. The predicted molar refractivity (Wildman–Crippen MR) is 75.6 cm³/mol. The van der Waals surface area contributed by atoms with Gasteiger partial charge in [-0.2, -0.15) is 0 Å². The molecule has 6 heteroatoms. The molecule has 0 saturated carbocycles. The van der Waals surface area contributed by atoms with Gasteiger partial charge in [0.05, 0.1) is 22.4 Å². The molecule has 1 fully saturated rings. The van der Waals surface area contributed by atoms with Crippen molar-refractivity contribution in [1.82, 2.24) is 0 Å². The highest BCUT2D eigenvalue weighted by atomic mass is 16.6. The van der Waals surface area contributed by atoms with Gasteiger partial charge in [-0.15, -0.1) is 0 Å². The van der Waals surface area contributed by atoms with Crippen LogP contribution >= 0.6 is 0 Å². The molecule has 1 aromatic rings. The Labute approximate surface area is 121 Å². The average molecular weight is 286 g/mol. The van der Waals surface area contributed by atoms with Crippen LogP contribution in [0.3, 0.4) is 0 Å². The molecule has 1 aromatic carbocycles. The largest absolute Gasteiger partial charge is 0.274 e. The Morgan fingerprint density at radius 2 is 1.95 bits per heavy atom. The summed E-state index contributed by atoms with van der Waals surface area (Å²) in [5.41, 5.74) is 1.27. The first kappa shape index (κ1) is 13.5. The van der Waals surface area contributed by atoms with Crippen LogP contribution in [-0.2, 0) is 9.59 Å². The molecule has 0 spiro atoms. The fourth-order valence-electron chi connectivity index (χ4n) is 3.04. The van der Waals surface area contributed by atoms with E-state index in [-0.39, 0.29) is 35.0 Å². The Hall–Kier alpha value is -2.50. The van der Waals surface area contributed by atoms with Gasteiger partial charge in [0.15, 0.2) is 0 Å². The van der Waals surface area contributed by atoms with E-state index in [1.807, 2.05) is 13.0 Å². The Kier molecular flexibility index (Phi) is 3.08. The molecule has 2 amide bonds. The fourth-order valence-corrected chi connectivity index (χ4v) is 3.04. The molecule has 0 aromatic heterocycles. The van der Waals surface area contributed by atoms with Crippen LogP contribution < -0.4 is 4.90 Å². The van der Waals surface area contributed by atoms with Gasteiger partial charge in [-0.05, 0) is 25.8 Å². The molecule has 2 aliphatic rings. The number of nitro groups is 1. The fraction of sp³-hybridized carbons (Fsp3) is 0.333. The molecule has 21 heavy (non-hydrogen) atoms. The summed E-state index contributed by atoms with van der Waals surface area (Å²) in [6, 6.07) is 5.65. The number of nitrogens with zero attached hydrogens (tertiary/aromatic N) is 2. The van der Waals surface area contributed by atoms with E-state index in [0.29, 0.717) is 12.8 Å². The number of carbonyl (C=O) groups excluding carboxylic acids is 2. The summed E-state index contributed by atoms with van der Waals surface area (Å²) in [5.74, 6) is -1.17. The van der Waals surface area contributed by atoms with E-state index in [1.165, 1.54) is 18.2 Å². The third-order valence-corrected chi connectivity index (χ3v) is 4.12. The number of anilines is 1. The van der Waals surface area contributed by atoms with Gasteiger partial charge in [0, 0.05) is 12.1 Å². The standard InChI is InChI=1S/C15H14N2O4/c1-9-5-6-12-13(7-9)15(19)16(14(12)18)10-3-2-4-11(8-10)17(20)21/h2-5,8,12-13H,6-7H2,1H3/t12-,13-/m0/s1. The summed E-state index contributed by atoms with van der Waals surface area (Å²) >= 11 is 0. The number of hydrogen-bond donors (Lipinski definition) is 0. The third-order valence-electron chi connectivity index (χ3n) is 4.12. The number of imide groups is 1. The molecule has 3 rings (SSSR count). The summed E-state index contributed by atoms with van der Waals surface area (Å²) in [6.07, 6.45) is 3.14. The molecule has 0 N–H and O–H groups in total. The van der Waals surface area contributed by atoms with Gasteiger partial charge >= 0.3 is 0 Å². The molecule has 0 bridgehead atoms. The number of amides is 2. The van der Waals surface area contributed by atoms with Crippen molar-refractivity contribution >= 4 is 23.2 Å². The second-order valence-electron chi connectivity index (χ2n) is 5.49. The molecule has 0 unspecified atom stereocenters. The highest BCUT2D eigenvalue weighted by molar-refractivity contribution is 6.22. The van der Waals surface area contributed by atoms with Gasteiger partial charge in [0.2, 0.25) is 11.8 Å². The minimum Gasteiger partial charge on any atom is -0.274 e. The van der Waals surface area contributed by atoms with Gasteiger partial charge < -0.3 is 0 Å². The van der Waals surface area contributed by atoms with Crippen LogP contribution in [0.4, 0.5) is 11.4 Å². The first-order valence-corrected chi connectivity index (χ1v) is 6.77. The van der Waals surface area contributed by atoms with Crippen molar-refractivity contribution in [3.05, 3.63) is 46.0 Å². The zero-order valence-corrected chi connectivity index (χ0v) is 11.5. The van der Waals surface area contributed by atoms with Gasteiger partial charge in [-0.3, -0.25) is 19.7 Å². The van der Waals surface area contributed by atoms with E-state index in [9.17, 15) is 19.7 Å². The number of nitro benzene ring substituents is 1. The predicted octanol–water partition coefficient (Wildman–Crippen LogP) is 2.44. The lowest BCUT2D eigenvalue weighted by Crippen LogP contribution is -2.30. The van der Waals surface area contributed by atoms with Crippen molar-refractivity contribution in [2.45, 2.75) is 19.8 Å². The minimum absolute atomic E-state index is 0.128. The maximum atomic E-state index is 12.5. The zero-order valence-electron chi connectivity index (χ0n) is 11.5. The van der Waals surface area contributed by atoms with Gasteiger partial charge in [-0.25, -0.2) is 4.90 Å². The van der Waals surface area contributed by atoms with Crippen molar-refractivity contribution in [3.8, 4) is 0 Å². The molecule has 108 valence electrons. The lowest BCUT2D eigenvalue weighted by molar-refractivity contribution is -0.384. The Bertz CT molecular complexity index is 680. The molecule has 2 atom stereocenters. The van der Waals surface area contributed by atoms with Crippen molar-refractivity contribution in [2.75, 3.05) is 4.90 Å². The van der Waals surface area contributed by atoms with Crippen molar-refractivity contribution in [3.63, 3.8) is 0 Å². The lowest BCUT2D eigenvalue weighted by atomic mass is 9.82. The van der Waals surface area contributed by atoms with Gasteiger partial charge in [-0.1, -0.05) is 17.7 Å². The average Bonchev–Trinajstić information content (AvgIpc) is 2.70. The molecular weight excluding hydrogens is 272 g/mol. The highest BCUT2D eigenvalue weighted by Gasteiger charge is 2.48. The Morgan fingerprint density at radius 3 is 2.67 bits per heavy atom. The Morgan fingerprint density at radius 1 is 1.24 bits per heavy atom. The normalized spacial score (nSPS) is 24.8. The summed E-state index contributed by atoms with van der Waals surface area (Å²) in [6.45, 7) is 1.95. The van der Waals surface area contributed by atoms with Gasteiger partial charge in [0.25, 0.3) is 5.69 Å². The van der Waals surface area contributed by atoms with E-state index in [2.05, 4.69) is 0 Å². The summed E-state index contributed by atoms with van der Waals surface area (Å²) in [4.78, 5) is 36.3.